The molecule has 1 aliphatic carbocycles. The van der Waals surface area contributed by atoms with Gasteiger partial charge in [0, 0.05) is 33.2 Å². The van der Waals surface area contributed by atoms with E-state index >= 15 is 0 Å². The molecule has 1 aliphatic rings. The van der Waals surface area contributed by atoms with E-state index in [2.05, 4.69) is 231 Å². The Kier molecular flexibility index (Phi) is 8.55. The predicted molar refractivity (Wildman–Crippen MR) is 265 cm³/mol. The van der Waals surface area contributed by atoms with Crippen LogP contribution in [0.2, 0.25) is 0 Å². The normalized spacial score (nSPS) is 12.7. The van der Waals surface area contributed by atoms with Crippen LogP contribution in [0.15, 0.2) is 229 Å². The van der Waals surface area contributed by atoms with E-state index in [9.17, 15) is 0 Å². The van der Waals surface area contributed by atoms with Crippen molar-refractivity contribution in [1.82, 2.24) is 0 Å². The lowest BCUT2D eigenvalue weighted by Crippen LogP contribution is -2.16. The van der Waals surface area contributed by atoms with Gasteiger partial charge in [0.05, 0.1) is 0 Å². The van der Waals surface area contributed by atoms with E-state index in [-0.39, 0.29) is 5.41 Å². The minimum absolute atomic E-state index is 0.219. The molecule has 0 fully saturated rings. The van der Waals surface area contributed by atoms with Gasteiger partial charge in [0.25, 0.3) is 0 Å². The second kappa shape index (κ2) is 14.6. The number of para-hydroxylation sites is 1. The summed E-state index contributed by atoms with van der Waals surface area (Å²) in [7, 11) is 0. The lowest BCUT2D eigenvalue weighted by molar-refractivity contribution is 0.660. The smallest absolute Gasteiger partial charge is 0.135 e. The van der Waals surface area contributed by atoms with Crippen LogP contribution in [0.25, 0.3) is 88.3 Å². The number of furan rings is 1. The van der Waals surface area contributed by atoms with Crippen LogP contribution in [0, 0.1) is 0 Å². The number of anilines is 3. The van der Waals surface area contributed by atoms with Crippen LogP contribution in [0.3, 0.4) is 0 Å². The topological polar surface area (TPSA) is 16.4 Å². The summed E-state index contributed by atoms with van der Waals surface area (Å²) in [5.41, 5.74) is 19.9. The second-order valence-corrected chi connectivity index (χ2v) is 17.3. The number of fused-ring (bicyclic) bond motifs is 7. The molecule has 1 heterocycles. The van der Waals surface area contributed by atoms with Gasteiger partial charge < -0.3 is 9.32 Å². The molecule has 2 nitrogen and oxygen atoms in total. The number of rotatable bonds is 7. The summed E-state index contributed by atoms with van der Waals surface area (Å²) in [6, 6.07) is 81.7. The Hall–Kier alpha value is -7.94. The SMILES string of the molecule is CC1(C)c2cc(-c3ccc4oc5ccccc5c4c3)ccc2-c2ccc(N(c3ccc(-c4ccc(-c5ccccc5)cc4)cc3)c3ccc(-c4cccc5ccccc45)cc3)cc21. The highest BCUT2D eigenvalue weighted by molar-refractivity contribution is 6.06. The first-order valence-corrected chi connectivity index (χ1v) is 21.8. The molecule has 0 radical (unpaired) electrons. The average Bonchev–Trinajstić information content (AvgIpc) is 3.83. The fourth-order valence-electron chi connectivity index (χ4n) is 9.95. The summed E-state index contributed by atoms with van der Waals surface area (Å²) in [4.78, 5) is 2.41. The van der Waals surface area contributed by atoms with Crippen molar-refractivity contribution in [3.05, 3.63) is 236 Å². The molecule has 11 aromatic rings. The Morgan fingerprint density at radius 3 is 1.54 bits per heavy atom. The highest BCUT2D eigenvalue weighted by Crippen LogP contribution is 2.52. The molecule has 0 N–H and O–H groups in total. The van der Waals surface area contributed by atoms with Crippen LogP contribution < -0.4 is 4.90 Å². The van der Waals surface area contributed by atoms with E-state index in [0.29, 0.717) is 0 Å². The molecule has 0 amide bonds. The molecule has 298 valence electrons. The van der Waals surface area contributed by atoms with Crippen molar-refractivity contribution in [2.45, 2.75) is 19.3 Å². The molecule has 0 unspecified atom stereocenters. The molecule has 0 saturated heterocycles. The van der Waals surface area contributed by atoms with Crippen LogP contribution in [0.5, 0.6) is 0 Å². The highest BCUT2D eigenvalue weighted by Gasteiger charge is 2.36. The van der Waals surface area contributed by atoms with Gasteiger partial charge in [-0.2, -0.15) is 0 Å². The fraction of sp³-hybridized carbons (Fsp3) is 0.0492. The third-order valence-electron chi connectivity index (χ3n) is 13.3. The third kappa shape index (κ3) is 6.25. The summed E-state index contributed by atoms with van der Waals surface area (Å²) in [5, 5.41) is 4.80. The first-order valence-electron chi connectivity index (χ1n) is 21.8. The molecular formula is C61H43NO. The van der Waals surface area contributed by atoms with Crippen LogP contribution >= 0.6 is 0 Å². The number of nitrogens with zero attached hydrogens (tertiary/aromatic N) is 1. The Labute approximate surface area is 368 Å². The summed E-state index contributed by atoms with van der Waals surface area (Å²) in [6.45, 7) is 4.75. The monoisotopic (exact) mass is 805 g/mol. The van der Waals surface area contributed by atoms with E-state index in [1.165, 1.54) is 77.5 Å². The van der Waals surface area contributed by atoms with Crippen LogP contribution in [0.4, 0.5) is 17.1 Å². The lowest BCUT2D eigenvalue weighted by Gasteiger charge is -2.28. The molecule has 2 heteroatoms. The van der Waals surface area contributed by atoms with Crippen molar-refractivity contribution in [3.63, 3.8) is 0 Å². The maximum absolute atomic E-state index is 6.17. The van der Waals surface area contributed by atoms with Crippen molar-refractivity contribution in [2.24, 2.45) is 0 Å². The largest absolute Gasteiger partial charge is 0.456 e. The molecule has 63 heavy (non-hydrogen) atoms. The molecule has 1 aromatic heterocycles. The van der Waals surface area contributed by atoms with E-state index in [1.807, 2.05) is 12.1 Å². The van der Waals surface area contributed by atoms with Crippen molar-refractivity contribution < 1.29 is 4.42 Å². The van der Waals surface area contributed by atoms with Crippen LogP contribution in [-0.4, -0.2) is 0 Å². The molecule has 12 rings (SSSR count). The Morgan fingerprint density at radius 1 is 0.317 bits per heavy atom. The van der Waals surface area contributed by atoms with Crippen molar-refractivity contribution >= 4 is 49.8 Å². The molecule has 0 atom stereocenters. The Bertz CT molecular complexity index is 3500. The summed E-state index contributed by atoms with van der Waals surface area (Å²) >= 11 is 0. The van der Waals surface area contributed by atoms with Gasteiger partial charge in [-0.25, -0.2) is 0 Å². The maximum atomic E-state index is 6.17. The van der Waals surface area contributed by atoms with Gasteiger partial charge in [0.15, 0.2) is 0 Å². The van der Waals surface area contributed by atoms with Gasteiger partial charge in [-0.3, -0.25) is 0 Å². The lowest BCUT2D eigenvalue weighted by atomic mass is 9.81. The molecule has 0 aliphatic heterocycles. The minimum atomic E-state index is -0.219. The van der Waals surface area contributed by atoms with Crippen molar-refractivity contribution in [1.29, 1.82) is 0 Å². The fourth-order valence-corrected chi connectivity index (χ4v) is 9.95. The zero-order valence-corrected chi connectivity index (χ0v) is 35.2. The number of hydrogen-bond acceptors (Lipinski definition) is 2. The zero-order valence-electron chi connectivity index (χ0n) is 35.2. The van der Waals surface area contributed by atoms with Gasteiger partial charge in [0.2, 0.25) is 0 Å². The minimum Gasteiger partial charge on any atom is -0.456 e. The van der Waals surface area contributed by atoms with Gasteiger partial charge in [-0.05, 0) is 138 Å². The Morgan fingerprint density at radius 2 is 0.810 bits per heavy atom. The van der Waals surface area contributed by atoms with Gasteiger partial charge in [0.1, 0.15) is 11.2 Å². The summed E-state index contributed by atoms with van der Waals surface area (Å²) in [5.74, 6) is 0. The highest BCUT2D eigenvalue weighted by atomic mass is 16.3. The quantitative estimate of drug-likeness (QED) is 0.160. The van der Waals surface area contributed by atoms with E-state index < -0.39 is 0 Å². The number of benzene rings is 10. The van der Waals surface area contributed by atoms with Crippen LogP contribution in [-0.2, 0) is 5.41 Å². The molecule has 10 aromatic carbocycles. The Balaban J connectivity index is 0.923. The van der Waals surface area contributed by atoms with E-state index in [0.717, 1.165) is 39.0 Å². The first kappa shape index (κ1) is 36.9. The van der Waals surface area contributed by atoms with Crippen LogP contribution in [0.1, 0.15) is 25.0 Å². The molecule has 0 bridgehead atoms. The predicted octanol–water partition coefficient (Wildman–Crippen LogP) is 17.2. The van der Waals surface area contributed by atoms with E-state index in [4.69, 9.17) is 4.42 Å². The van der Waals surface area contributed by atoms with Crippen molar-refractivity contribution in [2.75, 3.05) is 4.90 Å². The zero-order chi connectivity index (χ0) is 42.1. The van der Waals surface area contributed by atoms with Gasteiger partial charge in [-0.15, -0.1) is 0 Å². The maximum Gasteiger partial charge on any atom is 0.135 e. The summed E-state index contributed by atoms with van der Waals surface area (Å²) < 4.78 is 6.17. The van der Waals surface area contributed by atoms with E-state index in [1.54, 1.807) is 0 Å². The van der Waals surface area contributed by atoms with Gasteiger partial charge in [-0.1, -0.05) is 178 Å². The summed E-state index contributed by atoms with van der Waals surface area (Å²) in [6.07, 6.45) is 0. The van der Waals surface area contributed by atoms with Gasteiger partial charge >= 0.3 is 0 Å². The standard InChI is InChI=1S/C61H43NO/c1-61(2)57-38-47(46-28-36-60-56(37-46)55-16-8-9-18-59(55)63-60)27-34-53(57)54-35-33-50(39-58(54)61)62(49-31-25-45(26-32-49)52-17-10-14-44-13-6-7-15-51(44)52)48-29-23-43(24-30-48)42-21-19-41(20-22-42)40-11-4-3-5-12-40/h3-39H,1-2H3. The third-order valence-corrected chi connectivity index (χ3v) is 13.3. The molecular weight excluding hydrogens is 763 g/mol. The second-order valence-electron chi connectivity index (χ2n) is 17.3. The number of hydrogen-bond donors (Lipinski definition) is 0. The molecule has 0 spiro atoms. The van der Waals surface area contributed by atoms with Crippen molar-refractivity contribution in [3.8, 4) is 55.6 Å². The average molecular weight is 806 g/mol. The first-order chi connectivity index (χ1) is 31.0. The molecule has 0 saturated carbocycles.